The first-order chi connectivity index (χ1) is 3.80. The molecule has 4 nitrogen and oxygen atoms in total. The third kappa shape index (κ3) is 1.77. The molecule has 0 aliphatic carbocycles. The fourth-order valence-corrected chi connectivity index (χ4v) is 0.595. The lowest BCUT2D eigenvalue weighted by atomic mass is 10.6. The zero-order valence-corrected chi connectivity index (χ0v) is 4.59. The molecule has 1 aliphatic heterocycles. The molecule has 1 heterocycles. The summed E-state index contributed by atoms with van der Waals surface area (Å²) in [6.07, 6.45) is 2.65. The fraction of sp³-hybridized carbons (Fsp3) is 0.250. The van der Waals surface area contributed by atoms with Crippen LogP contribution in [0, 0.1) is 0 Å². The number of hydrogen-bond acceptors (Lipinski definition) is 3. The Kier molecular flexibility index (Phi) is 2.80. The number of nitrogens with zero attached hydrogens (tertiary/aromatic N) is 2. The zero-order valence-electron chi connectivity index (χ0n) is 3.77. The molecule has 0 saturated heterocycles. The summed E-state index contributed by atoms with van der Waals surface area (Å²) in [6, 6.07) is 0. The van der Waals surface area contributed by atoms with Crippen LogP contribution < -0.4 is 0 Å². The number of hydrogen-bond donors (Lipinski definition) is 0. The smallest absolute Gasteiger partial charge is 0.182 e. The minimum atomic E-state index is -2.22. The van der Waals surface area contributed by atoms with E-state index in [1.54, 1.807) is 0 Å². The van der Waals surface area contributed by atoms with Crippen LogP contribution in [0.3, 0.4) is 0 Å². The maximum absolute atomic E-state index is 9.96. The maximum atomic E-state index is 9.96. The molecule has 0 aromatic carbocycles. The van der Waals surface area contributed by atoms with Crippen LogP contribution in [0.4, 0.5) is 0 Å². The van der Waals surface area contributed by atoms with Gasteiger partial charge in [0, 0.05) is 6.08 Å². The van der Waals surface area contributed by atoms with Crippen LogP contribution in [-0.2, 0) is 10.3 Å². The molecule has 0 aromatic heterocycles. The second kappa shape index (κ2) is 3.13. The number of azo groups is 1. The summed E-state index contributed by atoms with van der Waals surface area (Å²) in [4.78, 5) is -0.00926. The van der Waals surface area contributed by atoms with Gasteiger partial charge in [-0.1, -0.05) is 7.43 Å². The Morgan fingerprint density at radius 2 is 2.11 bits per heavy atom. The van der Waals surface area contributed by atoms with Crippen LogP contribution in [0.1, 0.15) is 7.43 Å². The zero-order chi connectivity index (χ0) is 5.98. The highest BCUT2D eigenvalue weighted by Crippen LogP contribution is 1.92. The molecule has 0 bridgehead atoms. The van der Waals surface area contributed by atoms with E-state index in [0.29, 0.717) is 0 Å². The van der Waals surface area contributed by atoms with E-state index in [4.69, 9.17) is 0 Å². The van der Waals surface area contributed by atoms with Crippen molar-refractivity contribution in [2.24, 2.45) is 10.2 Å². The molecule has 50 valence electrons. The van der Waals surface area contributed by atoms with Gasteiger partial charge in [-0.2, -0.15) is 13.5 Å². The van der Waals surface area contributed by atoms with Crippen LogP contribution in [0.5, 0.6) is 0 Å². The highest BCUT2D eigenvalue weighted by atomic mass is 32.2. The van der Waals surface area contributed by atoms with Crippen LogP contribution in [0.2, 0.25) is 0 Å². The van der Waals surface area contributed by atoms with Crippen LogP contribution in [0.15, 0.2) is 22.5 Å². The Morgan fingerprint density at radius 3 is 2.33 bits per heavy atom. The molecule has 9 heavy (non-hydrogen) atoms. The first-order valence-electron chi connectivity index (χ1n) is 1.84. The molecule has 0 atom stereocenters. The van der Waals surface area contributed by atoms with Gasteiger partial charge in [-0.3, -0.25) is 0 Å². The van der Waals surface area contributed by atoms with Crippen molar-refractivity contribution < 1.29 is 8.42 Å². The minimum absolute atomic E-state index is 0. The summed E-state index contributed by atoms with van der Waals surface area (Å²) in [5.41, 5.74) is 0. The molecule has 0 amide bonds. The van der Waals surface area contributed by atoms with E-state index in [-0.39, 0.29) is 12.4 Å². The summed E-state index contributed by atoms with van der Waals surface area (Å²) in [5.74, 6) is 0. The van der Waals surface area contributed by atoms with Gasteiger partial charge in [0.1, 0.15) is 0 Å². The normalized spacial score (nSPS) is 13.6. The van der Waals surface area contributed by atoms with Crippen molar-refractivity contribution in [2.45, 2.75) is 7.43 Å². The lowest BCUT2D eigenvalue weighted by molar-refractivity contribution is 0.627. The van der Waals surface area contributed by atoms with Gasteiger partial charge in [0.05, 0.1) is 6.20 Å². The molecule has 0 N–H and O–H groups in total. The summed E-state index contributed by atoms with van der Waals surface area (Å²) < 4.78 is 19.9. The van der Waals surface area contributed by atoms with E-state index < -0.39 is 10.3 Å². The first-order valence-corrected chi connectivity index (χ1v) is 2.92. The second-order valence-electron chi connectivity index (χ2n) is 1.10. The lowest BCUT2D eigenvalue weighted by Gasteiger charge is -1.65. The van der Waals surface area contributed by atoms with E-state index in [1.165, 1.54) is 12.3 Å². The highest BCUT2D eigenvalue weighted by molar-refractivity contribution is 7.73. The van der Waals surface area contributed by atoms with Crippen LogP contribution in [-0.4, -0.2) is 13.4 Å². The third-order valence-electron chi connectivity index (χ3n) is 0.611. The Bertz CT molecular complexity index is 251. The van der Waals surface area contributed by atoms with Crippen molar-refractivity contribution >= 4 is 15.3 Å². The average Bonchev–Trinajstić information content (AvgIpc) is 2.12. The molecule has 1 rings (SSSR count). The Morgan fingerprint density at radius 1 is 1.44 bits per heavy atom. The molecule has 5 heteroatoms. The maximum Gasteiger partial charge on any atom is 0.242 e. The minimum Gasteiger partial charge on any atom is -0.182 e. The number of rotatable bonds is 0. The predicted molar refractivity (Wildman–Crippen MR) is 34.7 cm³/mol. The third-order valence-corrected chi connectivity index (χ3v) is 1.17. The predicted octanol–water partition coefficient (Wildman–Crippen LogP) is 0.611. The van der Waals surface area contributed by atoms with Gasteiger partial charge in [-0.15, -0.1) is 5.11 Å². The van der Waals surface area contributed by atoms with E-state index in [2.05, 4.69) is 10.2 Å². The van der Waals surface area contributed by atoms with Crippen LogP contribution >= 0.6 is 0 Å². The van der Waals surface area contributed by atoms with Gasteiger partial charge in [0.25, 0.3) is 0 Å². The quantitative estimate of drug-likeness (QED) is 0.470. The van der Waals surface area contributed by atoms with Gasteiger partial charge >= 0.3 is 0 Å². The standard InChI is InChI=1S/C3H2N2O2S.CH4/c6-8(7)3-1-2-4-5-3;/h1-2H;1H4. The Labute approximate surface area is 54.5 Å². The summed E-state index contributed by atoms with van der Waals surface area (Å²) in [6.45, 7) is 0. The second-order valence-corrected chi connectivity index (χ2v) is 1.99. The topological polar surface area (TPSA) is 58.9 Å². The molecule has 0 fully saturated rings. The fourth-order valence-electron chi connectivity index (χ4n) is 0.310. The molecular weight excluding hydrogens is 140 g/mol. The molecule has 0 aromatic rings. The highest BCUT2D eigenvalue weighted by Gasteiger charge is 1.95. The average molecular weight is 146 g/mol. The van der Waals surface area contributed by atoms with Crippen molar-refractivity contribution in [3.8, 4) is 0 Å². The summed E-state index contributed by atoms with van der Waals surface area (Å²) in [5, 5.41) is 6.55. The van der Waals surface area contributed by atoms with Crippen LogP contribution in [0.25, 0.3) is 0 Å². The van der Waals surface area contributed by atoms with Crippen molar-refractivity contribution in [2.75, 3.05) is 0 Å². The van der Waals surface area contributed by atoms with Crippen molar-refractivity contribution in [1.82, 2.24) is 0 Å². The molecule has 0 unspecified atom stereocenters. The van der Waals surface area contributed by atoms with Crippen molar-refractivity contribution in [3.05, 3.63) is 12.3 Å². The molecule has 0 spiro atoms. The lowest BCUT2D eigenvalue weighted by Crippen LogP contribution is -1.82. The summed E-state index contributed by atoms with van der Waals surface area (Å²) in [7, 11) is -2.22. The SMILES string of the molecule is C.O=S(=O)=C1C=CN=N1. The van der Waals surface area contributed by atoms with E-state index >= 15 is 0 Å². The van der Waals surface area contributed by atoms with Gasteiger partial charge < -0.3 is 0 Å². The molecule has 0 saturated carbocycles. The largest absolute Gasteiger partial charge is 0.242 e. The molecular formula is C4H6N2O2S. The van der Waals surface area contributed by atoms with Gasteiger partial charge in [0.2, 0.25) is 15.3 Å². The molecule has 0 radical (unpaired) electrons. The van der Waals surface area contributed by atoms with E-state index in [9.17, 15) is 8.42 Å². The first kappa shape index (κ1) is 8.03. The van der Waals surface area contributed by atoms with Gasteiger partial charge in [-0.05, 0) is 0 Å². The van der Waals surface area contributed by atoms with E-state index in [0.717, 1.165) is 0 Å². The van der Waals surface area contributed by atoms with Gasteiger partial charge in [-0.25, -0.2) is 0 Å². The summed E-state index contributed by atoms with van der Waals surface area (Å²) >= 11 is 0. The monoisotopic (exact) mass is 146 g/mol. The Balaban J connectivity index is 0.000000640. The van der Waals surface area contributed by atoms with Crippen molar-refractivity contribution in [3.63, 3.8) is 0 Å². The Hall–Kier alpha value is -0.970. The van der Waals surface area contributed by atoms with Gasteiger partial charge in [0.15, 0.2) is 0 Å². The molecule has 1 aliphatic rings. The van der Waals surface area contributed by atoms with Crippen molar-refractivity contribution in [1.29, 1.82) is 0 Å². The van der Waals surface area contributed by atoms with E-state index in [1.807, 2.05) is 0 Å².